The van der Waals surface area contributed by atoms with Crippen LogP contribution < -0.4 is 0 Å². The van der Waals surface area contributed by atoms with Crippen LogP contribution in [0.4, 0.5) is 0 Å². The molecule has 4 unspecified atom stereocenters. The molecule has 0 saturated carbocycles. The average molecular weight is 178 g/mol. The second-order valence-electron chi connectivity index (χ2n) is 2.56. The first-order valence-corrected chi connectivity index (χ1v) is 3.56. The highest BCUT2D eigenvalue weighted by Crippen LogP contribution is 2.06. The van der Waals surface area contributed by atoms with Crippen LogP contribution in [0.2, 0.25) is 0 Å². The average Bonchev–Trinajstić information content (AvgIpc) is 2.05. The normalized spacial score (nSPS) is 21.1. The van der Waals surface area contributed by atoms with Gasteiger partial charge < -0.3 is 24.9 Å². The SMILES string of the molecule is COC(C(O)C=O)C(O)C(C)O. The molecule has 0 saturated heterocycles. The van der Waals surface area contributed by atoms with Crippen LogP contribution in [-0.4, -0.2) is 53.1 Å². The Balaban J connectivity index is 4.22. The second-order valence-corrected chi connectivity index (χ2v) is 2.56. The lowest BCUT2D eigenvalue weighted by molar-refractivity contribution is -0.138. The molecule has 0 spiro atoms. The number of aldehydes is 1. The van der Waals surface area contributed by atoms with E-state index in [1.807, 2.05) is 0 Å². The van der Waals surface area contributed by atoms with Gasteiger partial charge in [-0.2, -0.15) is 0 Å². The fraction of sp³-hybridized carbons (Fsp3) is 0.857. The smallest absolute Gasteiger partial charge is 0.151 e. The van der Waals surface area contributed by atoms with E-state index in [0.717, 1.165) is 0 Å². The zero-order chi connectivity index (χ0) is 9.72. The Morgan fingerprint density at radius 3 is 2.08 bits per heavy atom. The zero-order valence-electron chi connectivity index (χ0n) is 7.04. The molecule has 0 heterocycles. The van der Waals surface area contributed by atoms with Gasteiger partial charge in [0.1, 0.15) is 18.3 Å². The lowest BCUT2D eigenvalue weighted by atomic mass is 10.1. The van der Waals surface area contributed by atoms with Gasteiger partial charge in [-0.1, -0.05) is 0 Å². The molecule has 5 nitrogen and oxygen atoms in total. The van der Waals surface area contributed by atoms with E-state index in [4.69, 9.17) is 10.2 Å². The number of hydrogen-bond acceptors (Lipinski definition) is 5. The first-order chi connectivity index (χ1) is 5.54. The van der Waals surface area contributed by atoms with Crippen molar-refractivity contribution < 1.29 is 24.9 Å². The minimum Gasteiger partial charge on any atom is -0.391 e. The van der Waals surface area contributed by atoms with Gasteiger partial charge in [0.05, 0.1) is 6.10 Å². The van der Waals surface area contributed by atoms with Crippen molar-refractivity contribution in [3.8, 4) is 0 Å². The molecule has 0 bridgehead atoms. The third-order valence-electron chi connectivity index (χ3n) is 1.58. The summed E-state index contributed by atoms with van der Waals surface area (Å²) in [5.41, 5.74) is 0. The summed E-state index contributed by atoms with van der Waals surface area (Å²) < 4.78 is 4.63. The van der Waals surface area contributed by atoms with E-state index < -0.39 is 24.4 Å². The minimum atomic E-state index is -1.42. The summed E-state index contributed by atoms with van der Waals surface area (Å²) in [7, 11) is 1.24. The first kappa shape index (κ1) is 11.5. The molecule has 3 N–H and O–H groups in total. The minimum absolute atomic E-state index is 0.250. The number of hydrogen-bond donors (Lipinski definition) is 3. The van der Waals surface area contributed by atoms with Gasteiger partial charge in [-0.3, -0.25) is 0 Å². The highest BCUT2D eigenvalue weighted by Gasteiger charge is 2.29. The fourth-order valence-corrected chi connectivity index (χ4v) is 0.833. The van der Waals surface area contributed by atoms with E-state index >= 15 is 0 Å². The van der Waals surface area contributed by atoms with Crippen molar-refractivity contribution >= 4 is 6.29 Å². The Morgan fingerprint density at radius 2 is 1.83 bits per heavy atom. The molecule has 0 radical (unpaired) electrons. The van der Waals surface area contributed by atoms with Crippen molar-refractivity contribution in [1.29, 1.82) is 0 Å². The Morgan fingerprint density at radius 1 is 1.33 bits per heavy atom. The van der Waals surface area contributed by atoms with Crippen LogP contribution in [0.5, 0.6) is 0 Å². The fourth-order valence-electron chi connectivity index (χ4n) is 0.833. The molecule has 0 aliphatic carbocycles. The Hall–Kier alpha value is -0.490. The van der Waals surface area contributed by atoms with Crippen LogP contribution in [0.3, 0.4) is 0 Å². The number of rotatable bonds is 5. The van der Waals surface area contributed by atoms with Crippen LogP contribution in [-0.2, 0) is 9.53 Å². The highest BCUT2D eigenvalue weighted by molar-refractivity contribution is 5.56. The molecule has 12 heavy (non-hydrogen) atoms. The first-order valence-electron chi connectivity index (χ1n) is 3.56. The summed E-state index contributed by atoms with van der Waals surface area (Å²) in [5.74, 6) is 0. The van der Waals surface area contributed by atoms with Crippen molar-refractivity contribution in [2.24, 2.45) is 0 Å². The Bertz CT molecular complexity index is 136. The van der Waals surface area contributed by atoms with Gasteiger partial charge in [-0.15, -0.1) is 0 Å². The number of methoxy groups -OCH3 is 1. The molecular formula is C7H14O5. The molecule has 72 valence electrons. The maximum Gasteiger partial charge on any atom is 0.151 e. The van der Waals surface area contributed by atoms with E-state index in [-0.39, 0.29) is 6.29 Å². The maximum absolute atomic E-state index is 10.1. The van der Waals surface area contributed by atoms with Gasteiger partial charge in [0.2, 0.25) is 0 Å². The monoisotopic (exact) mass is 178 g/mol. The largest absolute Gasteiger partial charge is 0.391 e. The summed E-state index contributed by atoms with van der Waals surface area (Å²) >= 11 is 0. The molecule has 5 heteroatoms. The van der Waals surface area contributed by atoms with E-state index in [9.17, 15) is 9.90 Å². The molecule has 0 aliphatic rings. The lowest BCUT2D eigenvalue weighted by Crippen LogP contribution is -2.45. The third-order valence-corrected chi connectivity index (χ3v) is 1.58. The maximum atomic E-state index is 10.1. The number of aliphatic hydroxyl groups excluding tert-OH is 3. The van der Waals surface area contributed by atoms with Crippen LogP contribution in [0.1, 0.15) is 6.92 Å². The standard InChI is InChI=1S/C7H14O5/c1-4(9)6(11)7(12-2)5(10)3-8/h3-7,9-11H,1-2H3. The molecular weight excluding hydrogens is 164 g/mol. The molecule has 0 fully saturated rings. The molecule has 0 aromatic rings. The van der Waals surface area contributed by atoms with Crippen molar-refractivity contribution in [2.75, 3.05) is 7.11 Å². The molecule has 0 amide bonds. The van der Waals surface area contributed by atoms with Gasteiger partial charge in [0.25, 0.3) is 0 Å². The number of aliphatic hydroxyl groups is 3. The summed E-state index contributed by atoms with van der Waals surface area (Å²) in [4.78, 5) is 10.1. The molecule has 0 aromatic heterocycles. The quantitative estimate of drug-likeness (QED) is 0.437. The van der Waals surface area contributed by atoms with E-state index in [2.05, 4.69) is 4.74 Å². The van der Waals surface area contributed by atoms with E-state index in [0.29, 0.717) is 0 Å². The number of carbonyl (C=O) groups excluding carboxylic acids is 1. The van der Waals surface area contributed by atoms with Gasteiger partial charge in [-0.25, -0.2) is 0 Å². The van der Waals surface area contributed by atoms with Crippen molar-refractivity contribution in [2.45, 2.75) is 31.3 Å². The van der Waals surface area contributed by atoms with Gasteiger partial charge in [0.15, 0.2) is 6.29 Å². The molecule has 0 rings (SSSR count). The zero-order valence-corrected chi connectivity index (χ0v) is 7.04. The predicted octanol–water partition coefficient (Wildman–Crippen LogP) is -1.70. The van der Waals surface area contributed by atoms with Crippen LogP contribution >= 0.6 is 0 Å². The second kappa shape index (κ2) is 5.21. The summed E-state index contributed by atoms with van der Waals surface area (Å²) in [6, 6.07) is 0. The van der Waals surface area contributed by atoms with Crippen LogP contribution in [0.15, 0.2) is 0 Å². The predicted molar refractivity (Wildman–Crippen MR) is 40.6 cm³/mol. The topological polar surface area (TPSA) is 87.0 Å². The van der Waals surface area contributed by atoms with E-state index in [1.54, 1.807) is 0 Å². The lowest BCUT2D eigenvalue weighted by Gasteiger charge is -2.24. The highest BCUT2D eigenvalue weighted by atomic mass is 16.5. The Labute approximate surface area is 70.6 Å². The van der Waals surface area contributed by atoms with Gasteiger partial charge in [-0.05, 0) is 6.92 Å². The van der Waals surface area contributed by atoms with Gasteiger partial charge in [0, 0.05) is 7.11 Å². The molecule has 0 aromatic carbocycles. The van der Waals surface area contributed by atoms with Crippen LogP contribution in [0.25, 0.3) is 0 Å². The number of carbonyl (C=O) groups is 1. The molecule has 4 atom stereocenters. The Kier molecular flexibility index (Phi) is 5.00. The van der Waals surface area contributed by atoms with Crippen molar-refractivity contribution in [3.05, 3.63) is 0 Å². The molecule has 0 aliphatic heterocycles. The third kappa shape index (κ3) is 2.86. The van der Waals surface area contributed by atoms with Gasteiger partial charge >= 0.3 is 0 Å². The summed E-state index contributed by atoms with van der Waals surface area (Å²) in [6.07, 6.45) is -4.57. The number of ether oxygens (including phenoxy) is 1. The van der Waals surface area contributed by atoms with Crippen molar-refractivity contribution in [1.82, 2.24) is 0 Å². The van der Waals surface area contributed by atoms with Crippen LogP contribution in [0, 0.1) is 0 Å². The summed E-state index contributed by atoms with van der Waals surface area (Å²) in [5, 5.41) is 27.1. The van der Waals surface area contributed by atoms with Crippen molar-refractivity contribution in [3.63, 3.8) is 0 Å². The van der Waals surface area contributed by atoms with E-state index in [1.165, 1.54) is 14.0 Å². The summed E-state index contributed by atoms with van der Waals surface area (Å²) in [6.45, 7) is 1.34.